The van der Waals surface area contributed by atoms with Gasteiger partial charge in [-0.3, -0.25) is 0 Å². The first kappa shape index (κ1) is 54.2. The van der Waals surface area contributed by atoms with Gasteiger partial charge in [0.05, 0.1) is 0 Å². The van der Waals surface area contributed by atoms with Crippen LogP contribution in [0.5, 0.6) is 0 Å². The Hall–Kier alpha value is -7.22. The van der Waals surface area contributed by atoms with Crippen molar-refractivity contribution in [1.29, 1.82) is 0 Å². The third-order valence-electron chi connectivity index (χ3n) is 21.9. The molecule has 0 aromatic heterocycles. The van der Waals surface area contributed by atoms with Gasteiger partial charge >= 0.3 is 509 Å². The van der Waals surface area contributed by atoms with E-state index >= 15 is 0 Å². The summed E-state index contributed by atoms with van der Waals surface area (Å²) >= 11 is -0.890. The number of rotatable bonds is 10. The first-order chi connectivity index (χ1) is 45.4. The van der Waals surface area contributed by atoms with Crippen molar-refractivity contribution in [1.82, 2.24) is 0 Å². The molecule has 0 radical (unpaired) electrons. The van der Waals surface area contributed by atoms with Crippen LogP contribution >= 0.6 is 0 Å². The Labute approximate surface area is 574 Å². The number of fused-ring (bicyclic) bond motifs is 18. The van der Waals surface area contributed by atoms with Crippen LogP contribution in [0.4, 0.5) is 0 Å². The zero-order chi connectivity index (χ0) is 60.8. The molecule has 21 rings (SSSR count). The Balaban J connectivity index is 0.870. The Morgan fingerprint density at radius 1 is 0.228 bits per heavy atom. The second-order valence-electron chi connectivity index (χ2n) is 26.1. The van der Waals surface area contributed by atoms with Gasteiger partial charge < -0.3 is 0 Å². The molecule has 0 saturated carbocycles. The van der Waals surface area contributed by atoms with Gasteiger partial charge in [0.25, 0.3) is 0 Å². The van der Waals surface area contributed by atoms with E-state index in [2.05, 4.69) is 244 Å². The Morgan fingerprint density at radius 3 is 0.761 bits per heavy atom. The van der Waals surface area contributed by atoms with Gasteiger partial charge in [-0.2, -0.15) is 0 Å². The minimum atomic E-state index is -0.236. The van der Waals surface area contributed by atoms with Gasteiger partial charge in [0, 0.05) is 0 Å². The summed E-state index contributed by atoms with van der Waals surface area (Å²) in [5.41, 5.74) is 17.3. The van der Waals surface area contributed by atoms with Crippen LogP contribution in [0.3, 0.4) is 0 Å². The van der Waals surface area contributed by atoms with Crippen molar-refractivity contribution >= 4 is 151 Å². The van der Waals surface area contributed by atoms with Crippen LogP contribution in [0.2, 0.25) is 0 Å². The molecule has 0 aliphatic heterocycles. The summed E-state index contributed by atoms with van der Waals surface area (Å²) in [6.07, 6.45) is 2.44. The van der Waals surface area contributed by atoms with Gasteiger partial charge in [0.15, 0.2) is 0 Å². The van der Waals surface area contributed by atoms with Gasteiger partial charge in [0.2, 0.25) is 0 Å². The molecule has 0 spiro atoms. The molecular weight excluding hydrogens is 1560 g/mol. The molecule has 0 nitrogen and oxygen atoms in total. The standard InChI is InChI=1S/C88H58I4/c1-7-43(3)91-87-57-25-17-15-23-55(57)85(89-5)81-63-39-31-51-47-27-35-59-73-61(37-29-49(69(47)73)53-33-41-65(83(81)87)75(63)71(51)53)79-68(46-21-13-10-14-22-46)80-62-38-30-50-54-34-42-66-76-64(82-84(66)88(92-44(4)8-2)58-26-18-16-24-56(58)86(82)90-6)40-32-52(72(54)76)48-28-36-60(74(62)70(48)50)78(80)67(77(59)79)45-19-11-9-12-20-45/h9-44H,7-8H2,1-6H3/q-4. The van der Waals surface area contributed by atoms with E-state index in [9.17, 15) is 0 Å². The van der Waals surface area contributed by atoms with Gasteiger partial charge in [-0.1, -0.05) is 60.7 Å². The van der Waals surface area contributed by atoms with Gasteiger partial charge in [-0.05, 0) is 11.1 Å². The van der Waals surface area contributed by atoms with E-state index in [1.54, 1.807) is 36.5 Å². The number of hydrogen-bond acceptors (Lipinski definition) is 0. The molecule has 2 atom stereocenters. The topological polar surface area (TPSA) is 0 Å². The van der Waals surface area contributed by atoms with Gasteiger partial charge in [-0.25, -0.2) is 0 Å². The Morgan fingerprint density at radius 2 is 0.467 bits per heavy atom. The van der Waals surface area contributed by atoms with Crippen molar-refractivity contribution in [2.24, 2.45) is 0 Å². The maximum absolute atomic E-state index is 2.55. The monoisotopic (exact) mass is 1620 g/mol. The summed E-state index contributed by atoms with van der Waals surface area (Å²) in [5.74, 6) is 0. The van der Waals surface area contributed by atoms with E-state index in [0.29, 0.717) is 7.85 Å². The van der Waals surface area contributed by atoms with Crippen LogP contribution in [0.25, 0.3) is 218 Å². The molecule has 0 bridgehead atoms. The molecule has 19 aromatic rings. The summed E-state index contributed by atoms with van der Waals surface area (Å²) in [5, 5.41) is 39.3. The zero-order valence-electron chi connectivity index (χ0n) is 51.7. The molecule has 442 valence electrons. The molecule has 0 amide bonds. The molecule has 0 saturated heterocycles. The third-order valence-corrected chi connectivity index (χ3v) is 33.6. The van der Waals surface area contributed by atoms with Gasteiger partial charge in [0.1, 0.15) is 0 Å². The number of hydrogen-bond donors (Lipinski definition) is 0. The third kappa shape index (κ3) is 6.73. The Kier molecular flexibility index (Phi) is 11.6. The molecule has 2 aliphatic carbocycles. The van der Waals surface area contributed by atoms with E-state index in [1.807, 2.05) is 0 Å². The summed E-state index contributed by atoms with van der Waals surface area (Å²) in [6, 6.07) is 82.5. The molecule has 0 fully saturated rings. The van der Waals surface area contributed by atoms with E-state index in [-0.39, 0.29) is 84.8 Å². The zero-order valence-corrected chi connectivity index (χ0v) is 60.3. The SMILES string of the molecule is CCC(C)[I-]c1c2c(c([I-]C)c3ccccc13)-c1ccc3c4ccc5c6c(-c7ccccc7)c7c8ccc9c%10ccc%11c%12c(ccc(c%13ccc(c7c(-c7ccccc7)c6c6ccc(c7ccc-2c1c37)c4c56)c8c9%13)c%12%10)-c1c-%11c([I-]C)c2ccccc2c1[I-]C(C)CC. The quantitative estimate of drug-likeness (QED) is 0.0554. The van der Waals surface area contributed by atoms with Crippen molar-refractivity contribution in [3.8, 4) is 66.8 Å². The van der Waals surface area contributed by atoms with Crippen molar-refractivity contribution in [2.75, 3.05) is 9.86 Å². The number of alkyl halides is 4. The first-order valence-electron chi connectivity index (χ1n) is 32.6. The van der Waals surface area contributed by atoms with Crippen LogP contribution in [0.1, 0.15) is 40.5 Å². The van der Waals surface area contributed by atoms with Crippen LogP contribution in [-0.2, 0) is 0 Å². The van der Waals surface area contributed by atoms with Crippen molar-refractivity contribution in [2.45, 2.75) is 48.4 Å². The Bertz CT molecular complexity index is 5950. The predicted molar refractivity (Wildman–Crippen MR) is 382 cm³/mol. The molecule has 0 N–H and O–H groups in total. The van der Waals surface area contributed by atoms with Crippen molar-refractivity contribution in [3.63, 3.8) is 0 Å². The second-order valence-corrected chi connectivity index (χ2v) is 38.1. The van der Waals surface area contributed by atoms with E-state index in [0.717, 1.165) is 0 Å². The van der Waals surface area contributed by atoms with Crippen LogP contribution in [-0.4, -0.2) is 17.7 Å². The second kappa shape index (κ2) is 19.7. The summed E-state index contributed by atoms with van der Waals surface area (Å²) < 4.78 is 7.94. The van der Waals surface area contributed by atoms with Gasteiger partial charge in [-0.15, -0.1) is 0 Å². The first-order valence-corrected chi connectivity index (χ1v) is 43.7. The average Bonchev–Trinajstić information content (AvgIpc) is 1.49. The fourth-order valence-electron chi connectivity index (χ4n) is 17.9. The fourth-order valence-corrected chi connectivity index (χ4v) is 28.6. The maximum atomic E-state index is 2.55. The fraction of sp³-hybridized carbons (Fsp3) is 0.114. The number of benzene rings is 17. The normalized spacial score (nSPS) is 13.9. The van der Waals surface area contributed by atoms with E-state index < -0.39 is 0 Å². The molecule has 0 heterocycles. The van der Waals surface area contributed by atoms with Crippen LogP contribution in [0, 0.1) is 14.3 Å². The molecule has 2 aliphatic rings. The molecular formula is C88H58I4-4. The molecule has 19 aromatic carbocycles. The minimum absolute atomic E-state index is 0.210. The number of halogens is 4. The van der Waals surface area contributed by atoms with Crippen molar-refractivity contribution in [3.05, 3.63) is 221 Å². The van der Waals surface area contributed by atoms with E-state index in [4.69, 9.17) is 0 Å². The predicted octanol–water partition coefficient (Wildman–Crippen LogP) is 12.1. The van der Waals surface area contributed by atoms with Crippen LogP contribution in [0.15, 0.2) is 206 Å². The average molecular weight is 1620 g/mol. The summed E-state index contributed by atoms with van der Waals surface area (Å²) in [6.45, 7) is 9.76. The summed E-state index contributed by atoms with van der Waals surface area (Å²) in [7, 11) is 0. The molecule has 4 heteroatoms. The summed E-state index contributed by atoms with van der Waals surface area (Å²) in [4.78, 5) is 4.97. The molecule has 2 unspecified atom stereocenters. The molecule has 92 heavy (non-hydrogen) atoms. The van der Waals surface area contributed by atoms with Crippen LogP contribution < -0.4 is 84.8 Å². The van der Waals surface area contributed by atoms with Crippen molar-refractivity contribution < 1.29 is 84.8 Å². The van der Waals surface area contributed by atoms with E-state index in [1.165, 1.54) is 208 Å².